The van der Waals surface area contributed by atoms with Crippen LogP contribution in [0.4, 0.5) is 0 Å². The highest BCUT2D eigenvalue weighted by Crippen LogP contribution is 2.13. The Morgan fingerprint density at radius 3 is 2.69 bits per heavy atom. The van der Waals surface area contributed by atoms with Crippen molar-refractivity contribution in [2.24, 2.45) is 0 Å². The molecule has 0 aliphatic heterocycles. The molecule has 0 spiro atoms. The van der Waals surface area contributed by atoms with Gasteiger partial charge in [0, 0.05) is 6.20 Å². The third-order valence-corrected chi connectivity index (χ3v) is 2.68. The van der Waals surface area contributed by atoms with Crippen LogP contribution in [0.15, 0.2) is 24.9 Å². The van der Waals surface area contributed by atoms with Crippen LogP contribution in [0.25, 0.3) is 5.57 Å². The van der Waals surface area contributed by atoms with E-state index >= 15 is 0 Å². The van der Waals surface area contributed by atoms with Crippen LogP contribution >= 0.6 is 0 Å². The van der Waals surface area contributed by atoms with Crippen LogP contribution in [0.2, 0.25) is 19.6 Å². The van der Waals surface area contributed by atoms with Crippen molar-refractivity contribution in [3.63, 3.8) is 0 Å². The molecule has 0 N–H and O–H groups in total. The van der Waals surface area contributed by atoms with Gasteiger partial charge in [-0.25, -0.2) is 0 Å². The van der Waals surface area contributed by atoms with Gasteiger partial charge in [-0.15, -0.1) is 5.54 Å². The van der Waals surface area contributed by atoms with Gasteiger partial charge in [0.2, 0.25) is 0 Å². The minimum Gasteiger partial charge on any atom is -0.254 e. The highest BCUT2D eigenvalue weighted by molar-refractivity contribution is 6.83. The van der Waals surface area contributed by atoms with Crippen molar-refractivity contribution >= 4 is 13.6 Å². The summed E-state index contributed by atoms with van der Waals surface area (Å²) in [6, 6.07) is 5.70. The lowest BCUT2D eigenvalue weighted by Crippen LogP contribution is -2.16. The average molecular weight is 226 g/mol. The Morgan fingerprint density at radius 1 is 1.44 bits per heavy atom. The van der Waals surface area contributed by atoms with Crippen LogP contribution in [0, 0.1) is 22.8 Å². The molecule has 80 valence electrons. The van der Waals surface area contributed by atoms with Crippen molar-refractivity contribution in [2.75, 3.05) is 0 Å². The van der Waals surface area contributed by atoms with Crippen molar-refractivity contribution in [1.29, 1.82) is 5.26 Å². The number of nitriles is 1. The molecule has 0 fully saturated rings. The number of rotatable bonds is 1. The summed E-state index contributed by atoms with van der Waals surface area (Å²) in [5.74, 6) is 3.11. The highest BCUT2D eigenvalue weighted by atomic mass is 28.3. The Bertz CT molecular complexity index is 507. The maximum absolute atomic E-state index is 8.81. The number of hydrogen-bond acceptors (Lipinski definition) is 2. The predicted octanol–water partition coefficient (Wildman–Crippen LogP) is 2.85. The van der Waals surface area contributed by atoms with Gasteiger partial charge in [0.1, 0.15) is 14.1 Å². The second-order valence-electron chi connectivity index (χ2n) is 4.49. The Morgan fingerprint density at radius 2 is 2.12 bits per heavy atom. The Labute approximate surface area is 97.7 Å². The number of aromatic nitrogens is 1. The van der Waals surface area contributed by atoms with Crippen LogP contribution in [0.1, 0.15) is 11.3 Å². The molecule has 0 aliphatic carbocycles. The normalized spacial score (nSPS) is 9.88. The maximum Gasteiger partial charge on any atom is 0.129 e. The average Bonchev–Trinajstić information content (AvgIpc) is 2.25. The smallest absolute Gasteiger partial charge is 0.129 e. The zero-order chi connectivity index (χ0) is 12.2. The Kier molecular flexibility index (Phi) is 3.66. The monoisotopic (exact) mass is 226 g/mol. The molecule has 0 unspecified atom stereocenters. The van der Waals surface area contributed by atoms with Crippen molar-refractivity contribution in [2.45, 2.75) is 19.6 Å². The predicted molar refractivity (Wildman–Crippen MR) is 69.1 cm³/mol. The summed E-state index contributed by atoms with van der Waals surface area (Å²) >= 11 is 0. The molecule has 0 aliphatic rings. The zero-order valence-electron chi connectivity index (χ0n) is 9.83. The molecule has 0 atom stereocenters. The van der Waals surface area contributed by atoms with E-state index in [0.29, 0.717) is 11.3 Å². The Hall–Kier alpha value is -1.84. The Balaban J connectivity index is 3.19. The molecule has 0 saturated heterocycles. The van der Waals surface area contributed by atoms with Gasteiger partial charge < -0.3 is 0 Å². The molecule has 16 heavy (non-hydrogen) atoms. The lowest BCUT2D eigenvalue weighted by molar-refractivity contribution is 1.27. The summed E-state index contributed by atoms with van der Waals surface area (Å²) in [7, 11) is -1.41. The summed E-state index contributed by atoms with van der Waals surface area (Å²) in [6.45, 7) is 10.2. The topological polar surface area (TPSA) is 36.7 Å². The zero-order valence-corrected chi connectivity index (χ0v) is 10.8. The van der Waals surface area contributed by atoms with E-state index in [9.17, 15) is 0 Å². The summed E-state index contributed by atoms with van der Waals surface area (Å²) in [5.41, 5.74) is 5.00. The van der Waals surface area contributed by atoms with Crippen molar-refractivity contribution in [3.05, 3.63) is 36.2 Å². The van der Waals surface area contributed by atoms with Gasteiger partial charge in [-0.05, 0) is 12.1 Å². The second kappa shape index (κ2) is 4.79. The lowest BCUT2D eigenvalue weighted by Gasteiger charge is -2.04. The van der Waals surface area contributed by atoms with Gasteiger partial charge in [-0.3, -0.25) is 4.98 Å². The van der Waals surface area contributed by atoms with Crippen LogP contribution < -0.4 is 0 Å². The summed E-state index contributed by atoms with van der Waals surface area (Å²) in [4.78, 5) is 4.14. The number of hydrogen-bond donors (Lipinski definition) is 0. The first-order valence-corrected chi connectivity index (χ1v) is 8.51. The van der Waals surface area contributed by atoms with Crippen molar-refractivity contribution in [3.8, 4) is 17.5 Å². The maximum atomic E-state index is 8.81. The van der Waals surface area contributed by atoms with E-state index in [4.69, 9.17) is 5.26 Å². The lowest BCUT2D eigenvalue weighted by atomic mass is 10.1. The molecule has 3 heteroatoms. The molecular weight excluding hydrogens is 212 g/mol. The van der Waals surface area contributed by atoms with Gasteiger partial charge in [0.15, 0.2) is 0 Å². The quantitative estimate of drug-likeness (QED) is 0.419. The van der Waals surface area contributed by atoms with Crippen molar-refractivity contribution < 1.29 is 0 Å². The molecule has 0 bridgehead atoms. The molecule has 0 saturated carbocycles. The summed E-state index contributed by atoms with van der Waals surface area (Å²) in [6.07, 6.45) is 1.65. The van der Waals surface area contributed by atoms with E-state index in [1.54, 1.807) is 6.20 Å². The first-order chi connectivity index (χ1) is 7.44. The van der Waals surface area contributed by atoms with Crippen LogP contribution in [0.3, 0.4) is 0 Å². The fourth-order valence-corrected chi connectivity index (χ4v) is 1.56. The van der Waals surface area contributed by atoms with Crippen LogP contribution in [-0.4, -0.2) is 13.1 Å². The number of nitrogens with zero attached hydrogens (tertiary/aromatic N) is 2. The van der Waals surface area contributed by atoms with Crippen LogP contribution in [-0.2, 0) is 0 Å². The fourth-order valence-electron chi connectivity index (χ4n) is 1.05. The van der Waals surface area contributed by atoms with E-state index in [1.165, 1.54) is 0 Å². The molecule has 2 nitrogen and oxygen atoms in total. The second-order valence-corrected chi connectivity index (χ2v) is 9.24. The fraction of sp³-hybridized carbons (Fsp3) is 0.231. The minimum absolute atomic E-state index is 0.362. The first-order valence-electron chi connectivity index (χ1n) is 5.01. The van der Waals surface area contributed by atoms with Crippen molar-refractivity contribution in [1.82, 2.24) is 4.98 Å². The molecule has 0 aromatic carbocycles. The van der Waals surface area contributed by atoms with E-state index in [1.807, 2.05) is 18.2 Å². The van der Waals surface area contributed by atoms with Gasteiger partial charge in [0.05, 0.1) is 16.8 Å². The third kappa shape index (κ3) is 3.38. The van der Waals surface area contributed by atoms with E-state index < -0.39 is 8.07 Å². The summed E-state index contributed by atoms with van der Waals surface area (Å²) in [5, 5.41) is 8.81. The van der Waals surface area contributed by atoms with E-state index in [2.05, 4.69) is 42.7 Å². The molecule has 0 amide bonds. The third-order valence-electron chi connectivity index (χ3n) is 1.80. The largest absolute Gasteiger partial charge is 0.254 e. The first kappa shape index (κ1) is 12.2. The standard InChI is InChI=1S/C13H14N2Si/c1-11(10-14)13-12(6-5-8-15-13)7-9-16(2,3)4/h5-6,8H,1H2,2-4H3. The van der Waals surface area contributed by atoms with E-state index in [0.717, 1.165) is 5.56 Å². The molecule has 1 aromatic heterocycles. The number of pyridine rings is 1. The molecule has 0 radical (unpaired) electrons. The SMILES string of the molecule is C=C(C#N)c1ncccc1C#C[Si](C)(C)C. The van der Waals surface area contributed by atoms with Gasteiger partial charge in [-0.1, -0.05) is 32.1 Å². The van der Waals surface area contributed by atoms with Gasteiger partial charge >= 0.3 is 0 Å². The van der Waals surface area contributed by atoms with Crippen LogP contribution in [0.5, 0.6) is 0 Å². The molecule has 1 heterocycles. The summed E-state index contributed by atoms with van der Waals surface area (Å²) < 4.78 is 0. The molecule has 1 aromatic rings. The van der Waals surface area contributed by atoms with E-state index in [-0.39, 0.29) is 0 Å². The minimum atomic E-state index is -1.41. The highest BCUT2D eigenvalue weighted by Gasteiger charge is 2.09. The molecule has 1 rings (SSSR count). The molecular formula is C13H14N2Si. The van der Waals surface area contributed by atoms with Gasteiger partial charge in [0.25, 0.3) is 0 Å². The van der Waals surface area contributed by atoms with Gasteiger partial charge in [-0.2, -0.15) is 5.26 Å². The number of allylic oxidation sites excluding steroid dienone is 1.